The number of carbonyl (C=O) groups is 1. The van der Waals surface area contributed by atoms with Gasteiger partial charge in [-0.25, -0.2) is 4.79 Å². The third-order valence-electron chi connectivity index (χ3n) is 2.26. The Bertz CT molecular complexity index is 416. The Morgan fingerprint density at radius 1 is 1.29 bits per heavy atom. The largest absolute Gasteiger partial charge is 0.479 e. The predicted octanol–water partition coefficient (Wildman–Crippen LogP) is 2.94. The van der Waals surface area contributed by atoms with Gasteiger partial charge in [-0.1, -0.05) is 28.1 Å². The van der Waals surface area contributed by atoms with Crippen LogP contribution in [-0.4, -0.2) is 24.4 Å². The van der Waals surface area contributed by atoms with E-state index in [-0.39, 0.29) is 0 Å². The van der Waals surface area contributed by atoms with Crippen LogP contribution in [-0.2, 0) is 15.1 Å². The smallest absolute Gasteiger partial charge is 0.432 e. The van der Waals surface area contributed by atoms with Gasteiger partial charge in [-0.05, 0) is 12.1 Å². The zero-order chi connectivity index (χ0) is 13.3. The molecule has 17 heavy (non-hydrogen) atoms. The highest BCUT2D eigenvalue weighted by Crippen LogP contribution is 2.42. The van der Waals surface area contributed by atoms with Crippen LogP contribution in [0.15, 0.2) is 28.7 Å². The number of carboxylic acid groups (broad SMARTS) is 1. The molecule has 0 aromatic heterocycles. The fourth-order valence-corrected chi connectivity index (χ4v) is 1.68. The fraction of sp³-hybridized carbons (Fsp3) is 0.300. The molecule has 1 rings (SSSR count). The standard InChI is InChI=1S/C10H8BrF3O3/c1-17-9(8(15)16,10(12,13)14)6-2-4-7(11)5-3-6/h2-5H,1H3,(H,15,16). The monoisotopic (exact) mass is 312 g/mol. The van der Waals surface area contributed by atoms with Gasteiger partial charge >= 0.3 is 12.1 Å². The van der Waals surface area contributed by atoms with Gasteiger partial charge in [0.2, 0.25) is 0 Å². The maximum Gasteiger partial charge on any atom is 0.432 e. The lowest BCUT2D eigenvalue weighted by atomic mass is 9.93. The van der Waals surface area contributed by atoms with Crippen molar-refractivity contribution < 1.29 is 27.8 Å². The van der Waals surface area contributed by atoms with E-state index in [1.54, 1.807) is 0 Å². The first kappa shape index (κ1) is 14.0. The van der Waals surface area contributed by atoms with E-state index in [1.807, 2.05) is 0 Å². The van der Waals surface area contributed by atoms with Crippen molar-refractivity contribution in [3.8, 4) is 0 Å². The fourth-order valence-electron chi connectivity index (χ4n) is 1.41. The summed E-state index contributed by atoms with van der Waals surface area (Å²) in [6.07, 6.45) is -5.05. The highest BCUT2D eigenvalue weighted by molar-refractivity contribution is 9.10. The van der Waals surface area contributed by atoms with Crippen LogP contribution in [0.1, 0.15) is 5.56 Å². The molecule has 0 saturated heterocycles. The molecule has 3 nitrogen and oxygen atoms in total. The molecule has 1 atom stereocenters. The normalized spacial score (nSPS) is 15.4. The quantitative estimate of drug-likeness (QED) is 0.933. The molecule has 94 valence electrons. The Morgan fingerprint density at radius 2 is 1.76 bits per heavy atom. The second kappa shape index (κ2) is 4.66. The van der Waals surface area contributed by atoms with Crippen LogP contribution in [0, 0.1) is 0 Å². The first-order valence-electron chi connectivity index (χ1n) is 4.37. The predicted molar refractivity (Wildman–Crippen MR) is 56.5 cm³/mol. The molecule has 0 fully saturated rings. The Balaban J connectivity index is 3.43. The average Bonchev–Trinajstić information content (AvgIpc) is 2.19. The number of carboxylic acids is 1. The van der Waals surface area contributed by atoms with E-state index in [2.05, 4.69) is 20.7 Å². The topological polar surface area (TPSA) is 46.5 Å². The maximum atomic E-state index is 12.9. The van der Waals surface area contributed by atoms with Gasteiger partial charge in [-0.3, -0.25) is 0 Å². The third-order valence-corrected chi connectivity index (χ3v) is 2.79. The summed E-state index contributed by atoms with van der Waals surface area (Å²) >= 11 is 3.05. The summed E-state index contributed by atoms with van der Waals surface area (Å²) in [6.45, 7) is 0. The van der Waals surface area contributed by atoms with Crippen molar-refractivity contribution in [3.05, 3.63) is 34.3 Å². The lowest BCUT2D eigenvalue weighted by Crippen LogP contribution is -2.50. The number of halogens is 4. The first-order chi connectivity index (χ1) is 7.75. The Kier molecular flexibility index (Phi) is 3.83. The summed E-state index contributed by atoms with van der Waals surface area (Å²) in [7, 11) is 0.712. The van der Waals surface area contributed by atoms with Crippen molar-refractivity contribution in [1.29, 1.82) is 0 Å². The van der Waals surface area contributed by atoms with Gasteiger partial charge < -0.3 is 9.84 Å². The number of ether oxygens (including phenoxy) is 1. The van der Waals surface area contributed by atoms with E-state index in [9.17, 15) is 18.0 Å². The average molecular weight is 313 g/mol. The molecule has 0 radical (unpaired) electrons. The van der Waals surface area contributed by atoms with Crippen molar-refractivity contribution in [2.45, 2.75) is 11.8 Å². The zero-order valence-corrected chi connectivity index (χ0v) is 10.2. The molecule has 0 amide bonds. The number of hydrogen-bond donors (Lipinski definition) is 1. The van der Waals surface area contributed by atoms with Gasteiger partial charge in [-0.2, -0.15) is 13.2 Å². The Morgan fingerprint density at radius 3 is 2.06 bits per heavy atom. The van der Waals surface area contributed by atoms with Gasteiger partial charge in [0, 0.05) is 17.1 Å². The molecule has 0 aliphatic heterocycles. The molecule has 1 aromatic rings. The minimum atomic E-state index is -5.05. The van der Waals surface area contributed by atoms with Crippen molar-refractivity contribution in [2.75, 3.05) is 7.11 Å². The number of hydrogen-bond acceptors (Lipinski definition) is 2. The van der Waals surface area contributed by atoms with Crippen LogP contribution in [0.2, 0.25) is 0 Å². The third kappa shape index (κ3) is 2.30. The number of alkyl halides is 3. The second-order valence-corrected chi connectivity index (χ2v) is 4.11. The van der Waals surface area contributed by atoms with E-state index >= 15 is 0 Å². The molecule has 1 aromatic carbocycles. The van der Waals surface area contributed by atoms with E-state index in [0.29, 0.717) is 11.6 Å². The van der Waals surface area contributed by atoms with Gasteiger partial charge in [0.15, 0.2) is 0 Å². The van der Waals surface area contributed by atoms with Gasteiger partial charge in [0.1, 0.15) is 0 Å². The summed E-state index contributed by atoms with van der Waals surface area (Å²) in [4.78, 5) is 10.9. The Hall–Kier alpha value is -1.08. The molecule has 7 heteroatoms. The summed E-state index contributed by atoms with van der Waals surface area (Å²) in [6, 6.07) is 4.74. The molecule has 0 aliphatic rings. The summed E-state index contributed by atoms with van der Waals surface area (Å²) in [5, 5.41) is 8.83. The number of benzene rings is 1. The van der Waals surface area contributed by atoms with Crippen molar-refractivity contribution in [1.82, 2.24) is 0 Å². The van der Waals surface area contributed by atoms with E-state index < -0.39 is 23.3 Å². The molecule has 0 heterocycles. The summed E-state index contributed by atoms with van der Waals surface area (Å²) in [5.41, 5.74) is -3.82. The second-order valence-electron chi connectivity index (χ2n) is 3.20. The van der Waals surface area contributed by atoms with Gasteiger partial charge in [0.05, 0.1) is 0 Å². The molecular weight excluding hydrogens is 305 g/mol. The van der Waals surface area contributed by atoms with Crippen LogP contribution >= 0.6 is 15.9 Å². The van der Waals surface area contributed by atoms with E-state index in [1.165, 1.54) is 12.1 Å². The lowest BCUT2D eigenvalue weighted by molar-refractivity contribution is -0.273. The number of methoxy groups -OCH3 is 1. The van der Waals surface area contributed by atoms with Crippen LogP contribution < -0.4 is 0 Å². The van der Waals surface area contributed by atoms with Gasteiger partial charge in [-0.15, -0.1) is 0 Å². The van der Waals surface area contributed by atoms with E-state index in [4.69, 9.17) is 5.11 Å². The molecule has 0 saturated carbocycles. The molecule has 0 bridgehead atoms. The van der Waals surface area contributed by atoms with Crippen LogP contribution in [0.3, 0.4) is 0 Å². The van der Waals surface area contributed by atoms with Gasteiger partial charge in [0.25, 0.3) is 5.60 Å². The number of aliphatic carboxylic acids is 1. The highest BCUT2D eigenvalue weighted by Gasteiger charge is 2.63. The van der Waals surface area contributed by atoms with Crippen molar-refractivity contribution >= 4 is 21.9 Å². The minimum absolute atomic E-state index is 0.483. The Labute approximate surface area is 103 Å². The molecule has 1 unspecified atom stereocenters. The first-order valence-corrected chi connectivity index (χ1v) is 5.16. The summed E-state index contributed by atoms with van der Waals surface area (Å²) in [5.74, 6) is -2.10. The van der Waals surface area contributed by atoms with Crippen molar-refractivity contribution in [2.24, 2.45) is 0 Å². The molecule has 0 aliphatic carbocycles. The van der Waals surface area contributed by atoms with Crippen LogP contribution in [0.4, 0.5) is 13.2 Å². The lowest BCUT2D eigenvalue weighted by Gasteiger charge is -2.30. The van der Waals surface area contributed by atoms with Crippen molar-refractivity contribution in [3.63, 3.8) is 0 Å². The molecular formula is C10H8BrF3O3. The minimum Gasteiger partial charge on any atom is -0.479 e. The molecule has 1 N–H and O–H groups in total. The SMILES string of the molecule is COC(C(=O)O)(c1ccc(Br)cc1)C(F)(F)F. The number of rotatable bonds is 3. The van der Waals surface area contributed by atoms with E-state index in [0.717, 1.165) is 12.1 Å². The highest BCUT2D eigenvalue weighted by atomic mass is 79.9. The maximum absolute atomic E-state index is 12.9. The zero-order valence-electron chi connectivity index (χ0n) is 8.58. The molecule has 0 spiro atoms. The van der Waals surface area contributed by atoms with Crippen LogP contribution in [0.5, 0.6) is 0 Å². The van der Waals surface area contributed by atoms with Crippen LogP contribution in [0.25, 0.3) is 0 Å². The summed E-state index contributed by atoms with van der Waals surface area (Å²) < 4.78 is 43.5.